The van der Waals surface area contributed by atoms with E-state index >= 15 is 0 Å². The molecular weight excluding hydrogens is 292 g/mol. The van der Waals surface area contributed by atoms with Gasteiger partial charge in [-0.25, -0.2) is 4.98 Å². The minimum Gasteiger partial charge on any atom is -0.493 e. The molecule has 2 rings (SSSR count). The summed E-state index contributed by atoms with van der Waals surface area (Å²) in [6, 6.07) is 3.44. The van der Waals surface area contributed by atoms with Crippen LogP contribution in [-0.4, -0.2) is 28.9 Å². The van der Waals surface area contributed by atoms with Crippen molar-refractivity contribution < 1.29 is 14.6 Å². The van der Waals surface area contributed by atoms with Gasteiger partial charge in [-0.2, -0.15) is 0 Å². The molecule has 1 heterocycles. The monoisotopic (exact) mass is 310 g/mol. The fourth-order valence-corrected chi connectivity index (χ4v) is 2.59. The van der Waals surface area contributed by atoms with Gasteiger partial charge >= 0.3 is 0 Å². The van der Waals surface area contributed by atoms with Gasteiger partial charge in [0.25, 0.3) is 0 Å². The number of ether oxygens (including phenoxy) is 2. The van der Waals surface area contributed by atoms with E-state index in [1.54, 1.807) is 18.3 Å². The van der Waals surface area contributed by atoms with Crippen LogP contribution in [0.4, 0.5) is 0 Å². The number of aliphatic hydroxyl groups is 1. The van der Waals surface area contributed by atoms with Gasteiger partial charge in [0.1, 0.15) is 11.9 Å². The molecule has 6 heteroatoms. The van der Waals surface area contributed by atoms with E-state index in [9.17, 15) is 5.11 Å². The highest BCUT2D eigenvalue weighted by Crippen LogP contribution is 2.40. The van der Waals surface area contributed by atoms with Crippen molar-refractivity contribution in [1.82, 2.24) is 9.55 Å². The molecule has 0 spiro atoms. The van der Waals surface area contributed by atoms with Gasteiger partial charge in [-0.15, -0.1) is 0 Å². The van der Waals surface area contributed by atoms with Crippen molar-refractivity contribution in [3.8, 4) is 11.5 Å². The second-order valence-corrected chi connectivity index (χ2v) is 4.96. The van der Waals surface area contributed by atoms with Gasteiger partial charge in [-0.05, 0) is 12.5 Å². The minimum atomic E-state index is -0.918. The third kappa shape index (κ3) is 2.99. The third-order valence-corrected chi connectivity index (χ3v) is 3.66. The molecule has 1 atom stereocenters. The molecule has 1 unspecified atom stereocenters. The Kier molecular flexibility index (Phi) is 5.09. The summed E-state index contributed by atoms with van der Waals surface area (Å²) in [7, 11) is 3.05. The summed E-state index contributed by atoms with van der Waals surface area (Å²) >= 11 is 6.33. The summed E-state index contributed by atoms with van der Waals surface area (Å²) < 4.78 is 12.4. The fourth-order valence-electron chi connectivity index (χ4n) is 2.25. The highest BCUT2D eigenvalue weighted by atomic mass is 35.5. The third-order valence-electron chi connectivity index (χ3n) is 3.27. The van der Waals surface area contributed by atoms with Crippen molar-refractivity contribution in [3.63, 3.8) is 0 Å². The lowest BCUT2D eigenvalue weighted by Gasteiger charge is -2.17. The number of aryl methyl sites for hydroxylation is 1. The van der Waals surface area contributed by atoms with Gasteiger partial charge in [0.2, 0.25) is 0 Å². The molecule has 0 aliphatic heterocycles. The van der Waals surface area contributed by atoms with E-state index < -0.39 is 6.10 Å². The Morgan fingerprint density at radius 2 is 2.10 bits per heavy atom. The predicted octanol–water partition coefficient (Wildman–Crippen LogP) is 3.05. The zero-order valence-corrected chi connectivity index (χ0v) is 13.1. The average molecular weight is 311 g/mol. The number of benzene rings is 1. The lowest BCUT2D eigenvalue weighted by Crippen LogP contribution is -2.10. The van der Waals surface area contributed by atoms with Gasteiger partial charge in [-0.3, -0.25) is 0 Å². The van der Waals surface area contributed by atoms with E-state index in [-0.39, 0.29) is 0 Å². The largest absolute Gasteiger partial charge is 0.493 e. The van der Waals surface area contributed by atoms with Crippen LogP contribution >= 0.6 is 11.6 Å². The van der Waals surface area contributed by atoms with Gasteiger partial charge < -0.3 is 19.1 Å². The average Bonchev–Trinajstić information content (AvgIpc) is 2.94. The van der Waals surface area contributed by atoms with E-state index in [1.807, 2.05) is 10.8 Å². The number of rotatable bonds is 6. The molecule has 21 heavy (non-hydrogen) atoms. The summed E-state index contributed by atoms with van der Waals surface area (Å²) in [6.07, 6.45) is 3.55. The van der Waals surface area contributed by atoms with Gasteiger partial charge in [0, 0.05) is 24.5 Å². The van der Waals surface area contributed by atoms with Crippen molar-refractivity contribution in [2.24, 2.45) is 0 Å². The summed E-state index contributed by atoms with van der Waals surface area (Å²) in [6.45, 7) is 2.86. The van der Waals surface area contributed by atoms with E-state index in [2.05, 4.69) is 11.9 Å². The van der Waals surface area contributed by atoms with Gasteiger partial charge in [0.15, 0.2) is 11.5 Å². The van der Waals surface area contributed by atoms with Crippen LogP contribution in [-0.2, 0) is 6.54 Å². The van der Waals surface area contributed by atoms with E-state index in [1.165, 1.54) is 14.2 Å². The first-order valence-electron chi connectivity index (χ1n) is 6.73. The zero-order chi connectivity index (χ0) is 15.4. The summed E-state index contributed by atoms with van der Waals surface area (Å²) in [5.74, 6) is 1.49. The van der Waals surface area contributed by atoms with Crippen LogP contribution in [0.15, 0.2) is 24.5 Å². The maximum Gasteiger partial charge on any atom is 0.179 e. The molecule has 0 amide bonds. The minimum absolute atomic E-state index is 0.329. The Bertz CT molecular complexity index is 613. The summed E-state index contributed by atoms with van der Waals surface area (Å²) in [5, 5.41) is 10.9. The van der Waals surface area contributed by atoms with Crippen molar-refractivity contribution in [2.45, 2.75) is 26.0 Å². The predicted molar refractivity (Wildman–Crippen MR) is 81.1 cm³/mol. The number of methoxy groups -OCH3 is 2. The van der Waals surface area contributed by atoms with Crippen LogP contribution in [0, 0.1) is 0 Å². The second-order valence-electron chi connectivity index (χ2n) is 4.59. The number of imidazole rings is 1. The normalized spacial score (nSPS) is 12.2. The maximum absolute atomic E-state index is 10.6. The molecule has 5 nitrogen and oxygen atoms in total. The van der Waals surface area contributed by atoms with Gasteiger partial charge in [0.05, 0.1) is 19.2 Å². The van der Waals surface area contributed by atoms with Crippen LogP contribution in [0.25, 0.3) is 0 Å². The Balaban J connectivity index is 2.43. The summed E-state index contributed by atoms with van der Waals surface area (Å²) in [4.78, 5) is 4.23. The van der Waals surface area contributed by atoms with Crippen molar-refractivity contribution in [1.29, 1.82) is 0 Å². The first-order valence-corrected chi connectivity index (χ1v) is 7.11. The smallest absolute Gasteiger partial charge is 0.179 e. The molecule has 2 aromatic rings. The number of aliphatic hydroxyl groups excluding tert-OH is 1. The molecular formula is C15H19ClN2O3. The number of hydrogen-bond donors (Lipinski definition) is 1. The quantitative estimate of drug-likeness (QED) is 0.891. The van der Waals surface area contributed by atoms with Crippen LogP contribution in [0.2, 0.25) is 5.02 Å². The molecule has 0 fully saturated rings. The molecule has 0 aliphatic rings. The lowest BCUT2D eigenvalue weighted by molar-refractivity contribution is 0.203. The molecule has 1 aromatic carbocycles. The topological polar surface area (TPSA) is 56.5 Å². The number of halogens is 1. The number of aromatic nitrogens is 2. The highest BCUT2D eigenvalue weighted by Gasteiger charge is 2.22. The van der Waals surface area contributed by atoms with Crippen LogP contribution in [0.3, 0.4) is 0 Å². The molecule has 0 bridgehead atoms. The van der Waals surface area contributed by atoms with E-state index in [0.29, 0.717) is 27.9 Å². The molecule has 114 valence electrons. The van der Waals surface area contributed by atoms with Crippen molar-refractivity contribution in [3.05, 3.63) is 40.9 Å². The van der Waals surface area contributed by atoms with Crippen molar-refractivity contribution >= 4 is 11.6 Å². The molecule has 0 aliphatic carbocycles. The van der Waals surface area contributed by atoms with Crippen molar-refractivity contribution in [2.75, 3.05) is 14.2 Å². The van der Waals surface area contributed by atoms with E-state index in [4.69, 9.17) is 21.1 Å². The first kappa shape index (κ1) is 15.7. The molecule has 0 saturated carbocycles. The number of nitrogens with zero attached hydrogens (tertiary/aromatic N) is 2. The summed E-state index contributed by atoms with van der Waals surface area (Å²) in [5.41, 5.74) is 0.540. The fraction of sp³-hybridized carbons (Fsp3) is 0.400. The Hall–Kier alpha value is -1.72. The van der Waals surface area contributed by atoms with Crippen LogP contribution in [0.5, 0.6) is 11.5 Å². The Morgan fingerprint density at radius 3 is 2.71 bits per heavy atom. The standard InChI is InChI=1S/C15H19ClN2O3/c1-4-8-18-9-7-17-15(18)13(19)10-5-6-11(20-2)14(21-3)12(10)16/h5-7,9,13,19H,4,8H2,1-3H3. The molecule has 0 radical (unpaired) electrons. The SMILES string of the molecule is CCCn1ccnc1C(O)c1ccc(OC)c(OC)c1Cl. The first-order chi connectivity index (χ1) is 10.1. The number of hydrogen-bond acceptors (Lipinski definition) is 4. The molecule has 0 saturated heterocycles. The lowest BCUT2D eigenvalue weighted by atomic mass is 10.1. The second kappa shape index (κ2) is 6.83. The van der Waals surface area contributed by atoms with Gasteiger partial charge in [-0.1, -0.05) is 24.6 Å². The zero-order valence-electron chi connectivity index (χ0n) is 12.3. The maximum atomic E-state index is 10.6. The Labute approximate surface area is 129 Å². The highest BCUT2D eigenvalue weighted by molar-refractivity contribution is 6.33. The van der Waals surface area contributed by atoms with E-state index in [0.717, 1.165) is 13.0 Å². The molecule has 1 N–H and O–H groups in total. The Morgan fingerprint density at radius 1 is 1.33 bits per heavy atom. The van der Waals surface area contributed by atoms with Crippen LogP contribution in [0.1, 0.15) is 30.8 Å². The van der Waals surface area contributed by atoms with Crippen LogP contribution < -0.4 is 9.47 Å². The molecule has 1 aromatic heterocycles.